The van der Waals surface area contributed by atoms with Gasteiger partial charge in [-0.25, -0.2) is 9.78 Å². The molecule has 0 saturated heterocycles. The van der Waals surface area contributed by atoms with Crippen LogP contribution in [0, 0.1) is 0 Å². The molecule has 1 aliphatic rings. The van der Waals surface area contributed by atoms with Gasteiger partial charge < -0.3 is 5.73 Å². The number of carbonyl (C=O) groups excluding carboxylic acids is 1. The molecule has 2 heterocycles. The topological polar surface area (TPSA) is 85.6 Å². The zero-order valence-corrected chi connectivity index (χ0v) is 9.97. The minimum Gasteiger partial charge on any atom is -0.351 e. The van der Waals surface area contributed by atoms with Gasteiger partial charge in [0.1, 0.15) is 12.4 Å². The van der Waals surface area contributed by atoms with Gasteiger partial charge in [0.15, 0.2) is 0 Å². The molecule has 0 radical (unpaired) electrons. The van der Waals surface area contributed by atoms with Crippen molar-refractivity contribution < 1.29 is 4.79 Å². The van der Waals surface area contributed by atoms with Crippen molar-refractivity contribution in [1.29, 1.82) is 0 Å². The molecule has 0 saturated carbocycles. The summed E-state index contributed by atoms with van der Waals surface area (Å²) in [5.41, 5.74) is 7.66. The van der Waals surface area contributed by atoms with E-state index >= 15 is 0 Å². The second-order valence-corrected chi connectivity index (χ2v) is 4.10. The van der Waals surface area contributed by atoms with Gasteiger partial charge in [0.05, 0.1) is 17.6 Å². The molecule has 2 N–H and O–H groups in total. The lowest BCUT2D eigenvalue weighted by molar-refractivity contribution is 0.249. The first-order valence-electron chi connectivity index (χ1n) is 5.76. The number of amides is 1. The number of primary amides is 1. The van der Waals surface area contributed by atoms with E-state index in [0.717, 1.165) is 11.3 Å². The van der Waals surface area contributed by atoms with Crippen LogP contribution in [0.25, 0.3) is 6.08 Å². The van der Waals surface area contributed by atoms with Gasteiger partial charge in [0, 0.05) is 5.56 Å². The van der Waals surface area contributed by atoms with Crippen LogP contribution < -0.4 is 5.73 Å². The molecule has 19 heavy (non-hydrogen) atoms. The zero-order chi connectivity index (χ0) is 13.2. The van der Waals surface area contributed by atoms with Crippen LogP contribution in [-0.2, 0) is 0 Å². The Balaban J connectivity index is 2.01. The minimum atomic E-state index is -0.585. The Labute approximate surface area is 109 Å². The molecule has 0 fully saturated rings. The van der Waals surface area contributed by atoms with Crippen molar-refractivity contribution in [3.05, 3.63) is 54.1 Å². The smallest absolute Gasteiger partial charge is 0.324 e. The summed E-state index contributed by atoms with van der Waals surface area (Å²) < 4.78 is 1.27. The van der Waals surface area contributed by atoms with Crippen molar-refractivity contribution in [2.75, 3.05) is 0 Å². The second-order valence-electron chi connectivity index (χ2n) is 4.10. The SMILES string of the molecule is NC(=O)n1cncc1C1C=Cc2ccccc2N=N1. The van der Waals surface area contributed by atoms with Crippen molar-refractivity contribution in [2.24, 2.45) is 16.0 Å². The summed E-state index contributed by atoms with van der Waals surface area (Å²) in [6.45, 7) is 0. The van der Waals surface area contributed by atoms with Crippen LogP contribution in [0.2, 0.25) is 0 Å². The molecule has 0 aliphatic carbocycles. The highest BCUT2D eigenvalue weighted by Crippen LogP contribution is 2.29. The number of benzene rings is 1. The van der Waals surface area contributed by atoms with E-state index in [1.165, 1.54) is 10.9 Å². The summed E-state index contributed by atoms with van der Waals surface area (Å²) in [6, 6.07) is 6.72. The monoisotopic (exact) mass is 253 g/mol. The molecule has 3 rings (SSSR count). The predicted octanol–water partition coefficient (Wildman–Crippen LogP) is 2.66. The van der Waals surface area contributed by atoms with Crippen LogP contribution in [0.1, 0.15) is 17.3 Å². The predicted molar refractivity (Wildman–Crippen MR) is 69.9 cm³/mol. The summed E-state index contributed by atoms with van der Waals surface area (Å²) in [6.07, 6.45) is 6.73. The highest BCUT2D eigenvalue weighted by molar-refractivity contribution is 5.75. The lowest BCUT2D eigenvalue weighted by Gasteiger charge is -2.06. The number of fused-ring (bicyclic) bond motifs is 1. The first-order valence-corrected chi connectivity index (χ1v) is 5.76. The fourth-order valence-electron chi connectivity index (χ4n) is 1.94. The van der Waals surface area contributed by atoms with Crippen molar-refractivity contribution in [2.45, 2.75) is 6.04 Å². The number of hydrogen-bond donors (Lipinski definition) is 1. The number of carbonyl (C=O) groups is 1. The van der Waals surface area contributed by atoms with E-state index in [1.54, 1.807) is 6.20 Å². The third-order valence-corrected chi connectivity index (χ3v) is 2.89. The Morgan fingerprint density at radius 1 is 1.32 bits per heavy atom. The maximum Gasteiger partial charge on any atom is 0.324 e. The first-order chi connectivity index (χ1) is 9.25. The van der Waals surface area contributed by atoms with E-state index in [1.807, 2.05) is 36.4 Å². The molecule has 1 atom stereocenters. The van der Waals surface area contributed by atoms with Crippen molar-refractivity contribution >= 4 is 17.8 Å². The lowest BCUT2D eigenvalue weighted by Crippen LogP contribution is -2.21. The molecule has 1 aliphatic heterocycles. The Kier molecular flexibility index (Phi) is 2.68. The number of nitrogens with two attached hydrogens (primary N) is 1. The fraction of sp³-hybridized carbons (Fsp3) is 0.0769. The molecule has 2 aromatic rings. The van der Waals surface area contributed by atoms with Crippen LogP contribution in [0.4, 0.5) is 10.5 Å². The number of imidazole rings is 1. The molecule has 1 aromatic carbocycles. The summed E-state index contributed by atoms with van der Waals surface area (Å²) in [5.74, 6) is 0. The molecule has 94 valence electrons. The summed E-state index contributed by atoms with van der Waals surface area (Å²) >= 11 is 0. The molecule has 1 amide bonds. The quantitative estimate of drug-likeness (QED) is 0.847. The van der Waals surface area contributed by atoms with Gasteiger partial charge in [-0.1, -0.05) is 30.4 Å². The van der Waals surface area contributed by atoms with Gasteiger partial charge in [-0.2, -0.15) is 10.2 Å². The Morgan fingerprint density at radius 3 is 3.00 bits per heavy atom. The number of azo groups is 1. The van der Waals surface area contributed by atoms with E-state index in [9.17, 15) is 4.79 Å². The number of rotatable bonds is 1. The molecular formula is C13H11N5O. The average Bonchev–Trinajstić information content (AvgIpc) is 2.80. The number of hydrogen-bond acceptors (Lipinski definition) is 4. The fourth-order valence-corrected chi connectivity index (χ4v) is 1.94. The van der Waals surface area contributed by atoms with Crippen LogP contribution in [-0.4, -0.2) is 15.6 Å². The van der Waals surface area contributed by atoms with Crippen LogP contribution in [0.3, 0.4) is 0 Å². The third-order valence-electron chi connectivity index (χ3n) is 2.89. The van der Waals surface area contributed by atoms with Gasteiger partial charge in [0.2, 0.25) is 0 Å². The average molecular weight is 253 g/mol. The highest BCUT2D eigenvalue weighted by Gasteiger charge is 2.17. The van der Waals surface area contributed by atoms with Crippen molar-refractivity contribution in [3.63, 3.8) is 0 Å². The summed E-state index contributed by atoms with van der Waals surface area (Å²) in [7, 11) is 0. The normalized spacial score (nSPS) is 16.9. The highest BCUT2D eigenvalue weighted by atomic mass is 16.2. The molecule has 1 unspecified atom stereocenters. The van der Waals surface area contributed by atoms with E-state index < -0.39 is 6.03 Å². The van der Waals surface area contributed by atoms with E-state index in [-0.39, 0.29) is 6.04 Å². The van der Waals surface area contributed by atoms with E-state index in [2.05, 4.69) is 15.2 Å². The minimum absolute atomic E-state index is 0.373. The molecular weight excluding hydrogens is 242 g/mol. The standard InChI is InChI=1S/C13H11N5O/c14-13(19)18-8-15-7-12(18)11-6-5-9-3-1-2-4-10(9)16-17-11/h1-8,11H,(H2,14,19). The molecule has 6 heteroatoms. The van der Waals surface area contributed by atoms with Crippen molar-refractivity contribution in [1.82, 2.24) is 9.55 Å². The molecule has 0 bridgehead atoms. The van der Waals surface area contributed by atoms with Crippen molar-refractivity contribution in [3.8, 4) is 0 Å². The Morgan fingerprint density at radius 2 is 2.16 bits per heavy atom. The number of nitrogens with zero attached hydrogens (tertiary/aromatic N) is 4. The number of aromatic nitrogens is 2. The van der Waals surface area contributed by atoms with E-state index in [0.29, 0.717) is 5.69 Å². The van der Waals surface area contributed by atoms with E-state index in [4.69, 9.17) is 5.73 Å². The van der Waals surface area contributed by atoms with Gasteiger partial charge in [0.25, 0.3) is 0 Å². The van der Waals surface area contributed by atoms with Gasteiger partial charge in [-0.15, -0.1) is 0 Å². The second kappa shape index (κ2) is 4.49. The summed E-state index contributed by atoms with van der Waals surface area (Å²) in [4.78, 5) is 15.2. The van der Waals surface area contributed by atoms with Crippen LogP contribution in [0.5, 0.6) is 0 Å². The Bertz CT molecular complexity index is 653. The van der Waals surface area contributed by atoms with Gasteiger partial charge >= 0.3 is 6.03 Å². The lowest BCUT2D eigenvalue weighted by atomic mass is 10.1. The molecule has 0 spiro atoms. The maximum absolute atomic E-state index is 11.3. The molecule has 6 nitrogen and oxygen atoms in total. The first kappa shape index (κ1) is 11.3. The Hall–Kier alpha value is -2.76. The largest absolute Gasteiger partial charge is 0.351 e. The zero-order valence-electron chi connectivity index (χ0n) is 9.97. The van der Waals surface area contributed by atoms with Gasteiger partial charge in [-0.05, 0) is 6.07 Å². The third kappa shape index (κ3) is 2.03. The van der Waals surface area contributed by atoms with Crippen LogP contribution >= 0.6 is 0 Å². The summed E-state index contributed by atoms with van der Waals surface area (Å²) in [5, 5.41) is 8.41. The molecule has 1 aromatic heterocycles. The maximum atomic E-state index is 11.3. The van der Waals surface area contributed by atoms with Crippen LogP contribution in [0.15, 0.2) is 53.1 Å². The van der Waals surface area contributed by atoms with Gasteiger partial charge in [-0.3, -0.25) is 4.57 Å².